The second-order valence-electron chi connectivity index (χ2n) is 4.36. The van der Waals surface area contributed by atoms with Gasteiger partial charge in [-0.3, -0.25) is 0 Å². The lowest BCUT2D eigenvalue weighted by Crippen LogP contribution is -2.25. The summed E-state index contributed by atoms with van der Waals surface area (Å²) in [4.78, 5) is 3.05. The highest BCUT2D eigenvalue weighted by molar-refractivity contribution is 7.98. The molecular formula is C13H21NOS2. The van der Waals surface area contributed by atoms with Crippen molar-refractivity contribution in [2.75, 3.05) is 26.0 Å². The molecule has 0 saturated heterocycles. The van der Waals surface area contributed by atoms with Crippen molar-refractivity contribution < 1.29 is 4.74 Å². The third-order valence-electron chi connectivity index (χ3n) is 2.96. The van der Waals surface area contributed by atoms with Gasteiger partial charge in [0.15, 0.2) is 0 Å². The quantitative estimate of drug-likeness (QED) is 0.858. The smallest absolute Gasteiger partial charge is 0.0665 e. The van der Waals surface area contributed by atoms with Gasteiger partial charge in [0.2, 0.25) is 0 Å². The molecule has 1 aliphatic rings. The number of fused-ring (bicyclic) bond motifs is 1. The number of thiophene rings is 1. The highest BCUT2D eigenvalue weighted by Gasteiger charge is 2.18. The summed E-state index contributed by atoms with van der Waals surface area (Å²) in [5, 5.41) is 3.57. The van der Waals surface area contributed by atoms with Crippen LogP contribution in [0, 0.1) is 0 Å². The number of methoxy groups -OCH3 is 1. The molecule has 1 aliphatic heterocycles. The minimum atomic E-state index is 0.376. The number of aryl methyl sites for hydroxylation is 1. The predicted molar refractivity (Wildman–Crippen MR) is 77.1 cm³/mol. The molecule has 96 valence electrons. The Morgan fingerprint density at radius 1 is 1.53 bits per heavy atom. The standard InChI is InChI=1S/C13H21NOS2/c1-3-5-14-11(8-15-2)13-7-10-9-16-6-4-12(10)17-13/h7,11,14H,3-6,8-9H2,1-2H3. The van der Waals surface area contributed by atoms with Crippen molar-refractivity contribution in [1.82, 2.24) is 5.32 Å². The molecule has 17 heavy (non-hydrogen) atoms. The van der Waals surface area contributed by atoms with E-state index in [1.54, 1.807) is 17.6 Å². The van der Waals surface area contributed by atoms with Crippen molar-refractivity contribution >= 4 is 23.1 Å². The molecule has 4 heteroatoms. The molecule has 0 aromatic carbocycles. The molecule has 0 radical (unpaired) electrons. The van der Waals surface area contributed by atoms with Gasteiger partial charge in [0, 0.05) is 22.6 Å². The van der Waals surface area contributed by atoms with Crippen molar-refractivity contribution in [2.24, 2.45) is 0 Å². The van der Waals surface area contributed by atoms with E-state index in [2.05, 4.69) is 18.3 Å². The highest BCUT2D eigenvalue weighted by atomic mass is 32.2. The molecule has 0 fully saturated rings. The number of hydrogen-bond acceptors (Lipinski definition) is 4. The molecule has 0 aliphatic carbocycles. The third-order valence-corrected chi connectivity index (χ3v) is 5.32. The second kappa shape index (κ2) is 6.78. The van der Waals surface area contributed by atoms with Crippen molar-refractivity contribution in [3.8, 4) is 0 Å². The van der Waals surface area contributed by atoms with Gasteiger partial charge in [-0.25, -0.2) is 0 Å². The first-order valence-electron chi connectivity index (χ1n) is 6.26. The van der Waals surface area contributed by atoms with Crippen LogP contribution in [0.3, 0.4) is 0 Å². The molecule has 0 spiro atoms. The Morgan fingerprint density at radius 2 is 2.41 bits per heavy atom. The molecular weight excluding hydrogens is 250 g/mol. The summed E-state index contributed by atoms with van der Waals surface area (Å²) >= 11 is 4.03. The lowest BCUT2D eigenvalue weighted by Gasteiger charge is -2.15. The Hall–Kier alpha value is -0.0300. The summed E-state index contributed by atoms with van der Waals surface area (Å²) in [6.45, 7) is 4.03. The Bertz CT molecular complexity index is 328. The Balaban J connectivity index is 2.08. The van der Waals surface area contributed by atoms with E-state index in [0.717, 1.165) is 13.2 Å². The molecule has 1 N–H and O–H groups in total. The van der Waals surface area contributed by atoms with Crippen LogP contribution in [0.15, 0.2) is 6.07 Å². The lowest BCUT2D eigenvalue weighted by molar-refractivity contribution is 0.168. The summed E-state index contributed by atoms with van der Waals surface area (Å²) in [5.74, 6) is 2.48. The first-order chi connectivity index (χ1) is 8.35. The molecule has 2 heterocycles. The van der Waals surface area contributed by atoms with Gasteiger partial charge < -0.3 is 10.1 Å². The fourth-order valence-corrected chi connectivity index (χ4v) is 4.51. The van der Waals surface area contributed by atoms with Crippen LogP contribution in [-0.4, -0.2) is 26.0 Å². The van der Waals surface area contributed by atoms with Crippen LogP contribution in [-0.2, 0) is 16.9 Å². The van der Waals surface area contributed by atoms with Gasteiger partial charge in [-0.05, 0) is 36.8 Å². The second-order valence-corrected chi connectivity index (χ2v) is 6.64. The fraction of sp³-hybridized carbons (Fsp3) is 0.692. The van der Waals surface area contributed by atoms with Crippen LogP contribution in [0.1, 0.15) is 34.7 Å². The zero-order valence-electron chi connectivity index (χ0n) is 10.6. The van der Waals surface area contributed by atoms with Crippen LogP contribution in [0.4, 0.5) is 0 Å². The lowest BCUT2D eigenvalue weighted by atomic mass is 10.2. The van der Waals surface area contributed by atoms with Crippen LogP contribution >= 0.6 is 23.1 Å². The van der Waals surface area contributed by atoms with Crippen molar-refractivity contribution in [3.63, 3.8) is 0 Å². The maximum atomic E-state index is 5.33. The van der Waals surface area contributed by atoms with E-state index < -0.39 is 0 Å². The van der Waals surface area contributed by atoms with Crippen molar-refractivity contribution in [2.45, 2.75) is 31.6 Å². The van der Waals surface area contributed by atoms with Gasteiger partial charge in [0.1, 0.15) is 0 Å². The summed E-state index contributed by atoms with van der Waals surface area (Å²) < 4.78 is 5.33. The van der Waals surface area contributed by atoms with Crippen LogP contribution in [0.2, 0.25) is 0 Å². The van der Waals surface area contributed by atoms with Crippen molar-refractivity contribution in [3.05, 3.63) is 21.4 Å². The Morgan fingerprint density at radius 3 is 3.12 bits per heavy atom. The maximum absolute atomic E-state index is 5.33. The van der Waals surface area contributed by atoms with E-state index in [-0.39, 0.29) is 0 Å². The maximum Gasteiger partial charge on any atom is 0.0665 e. The molecule has 1 atom stereocenters. The van der Waals surface area contributed by atoms with E-state index >= 15 is 0 Å². The predicted octanol–water partition coefficient (Wildman–Crippen LogP) is 3.22. The first-order valence-corrected chi connectivity index (χ1v) is 8.23. The third kappa shape index (κ3) is 3.47. The van der Waals surface area contributed by atoms with Gasteiger partial charge in [0.05, 0.1) is 12.6 Å². The van der Waals surface area contributed by atoms with Gasteiger partial charge in [-0.2, -0.15) is 11.8 Å². The molecule has 0 saturated carbocycles. The zero-order valence-corrected chi connectivity index (χ0v) is 12.3. The number of nitrogens with one attached hydrogen (secondary N) is 1. The van der Waals surface area contributed by atoms with Crippen molar-refractivity contribution in [1.29, 1.82) is 0 Å². The number of hydrogen-bond donors (Lipinski definition) is 1. The molecule has 0 bridgehead atoms. The van der Waals surface area contributed by atoms with Gasteiger partial charge in [-0.15, -0.1) is 11.3 Å². The monoisotopic (exact) mass is 271 g/mol. The van der Waals surface area contributed by atoms with Gasteiger partial charge in [0.25, 0.3) is 0 Å². The minimum Gasteiger partial charge on any atom is -0.383 e. The number of rotatable bonds is 6. The van der Waals surface area contributed by atoms with Gasteiger partial charge in [-0.1, -0.05) is 6.92 Å². The average Bonchev–Trinajstić information content (AvgIpc) is 2.78. The normalized spacial score (nSPS) is 16.8. The van der Waals surface area contributed by atoms with E-state index in [0.29, 0.717) is 6.04 Å². The molecule has 0 amide bonds. The topological polar surface area (TPSA) is 21.3 Å². The molecule has 1 unspecified atom stereocenters. The van der Waals surface area contributed by atoms with E-state index in [4.69, 9.17) is 4.74 Å². The van der Waals surface area contributed by atoms with E-state index in [9.17, 15) is 0 Å². The van der Waals surface area contributed by atoms with Gasteiger partial charge >= 0.3 is 0 Å². The first kappa shape index (κ1) is 13.4. The number of thioether (sulfide) groups is 1. The Kier molecular flexibility index (Phi) is 5.35. The minimum absolute atomic E-state index is 0.376. The molecule has 2 nitrogen and oxygen atoms in total. The molecule has 2 rings (SSSR count). The summed E-state index contributed by atoms with van der Waals surface area (Å²) in [7, 11) is 1.78. The largest absolute Gasteiger partial charge is 0.383 e. The van der Waals surface area contributed by atoms with Crippen LogP contribution in [0.5, 0.6) is 0 Å². The average molecular weight is 271 g/mol. The van der Waals surface area contributed by atoms with E-state index in [1.807, 2.05) is 23.1 Å². The highest BCUT2D eigenvalue weighted by Crippen LogP contribution is 2.34. The molecule has 1 aromatic rings. The zero-order chi connectivity index (χ0) is 12.1. The van der Waals surface area contributed by atoms with E-state index in [1.165, 1.54) is 29.2 Å². The number of ether oxygens (including phenoxy) is 1. The van der Waals surface area contributed by atoms with Crippen LogP contribution < -0.4 is 5.32 Å². The fourth-order valence-electron chi connectivity index (χ4n) is 2.07. The Labute approximate surface area is 112 Å². The molecule has 1 aromatic heterocycles. The van der Waals surface area contributed by atoms with Crippen LogP contribution in [0.25, 0.3) is 0 Å². The summed E-state index contributed by atoms with van der Waals surface area (Å²) in [5.41, 5.74) is 1.56. The SMILES string of the molecule is CCCNC(COC)c1cc2c(s1)CCSC2. The summed E-state index contributed by atoms with van der Waals surface area (Å²) in [6, 6.07) is 2.76. The summed E-state index contributed by atoms with van der Waals surface area (Å²) in [6.07, 6.45) is 2.42.